The van der Waals surface area contributed by atoms with Crippen molar-refractivity contribution in [2.75, 3.05) is 0 Å². The minimum absolute atomic E-state index is 0.140. The average Bonchev–Trinajstić information content (AvgIpc) is 2.59. The highest BCUT2D eigenvalue weighted by Crippen LogP contribution is 2.30. The van der Waals surface area contributed by atoms with Crippen molar-refractivity contribution in [1.29, 1.82) is 0 Å². The zero-order valence-corrected chi connectivity index (χ0v) is 14.0. The molecule has 0 spiro atoms. The van der Waals surface area contributed by atoms with Gasteiger partial charge in [0, 0.05) is 11.1 Å². The van der Waals surface area contributed by atoms with Gasteiger partial charge in [0.15, 0.2) is 0 Å². The molecule has 1 aromatic rings. The Bertz CT molecular complexity index is 643. The first-order valence-corrected chi connectivity index (χ1v) is 8.23. The molecule has 0 radical (unpaired) electrons. The van der Waals surface area contributed by atoms with E-state index in [1.54, 1.807) is 6.92 Å². The summed E-state index contributed by atoms with van der Waals surface area (Å²) in [5.74, 6) is -1.48. The SMILES string of the molecule is C[C@H](C(=O)ONC(=O)c1ccc(Cl)cc1[N+](=O)[O-])C1CCCCC1. The van der Waals surface area contributed by atoms with Gasteiger partial charge in [-0.25, -0.2) is 4.79 Å². The smallest absolute Gasteiger partial charge is 0.335 e. The molecule has 24 heavy (non-hydrogen) atoms. The van der Waals surface area contributed by atoms with E-state index >= 15 is 0 Å². The molecule has 1 amide bonds. The van der Waals surface area contributed by atoms with Gasteiger partial charge in [0.1, 0.15) is 5.56 Å². The maximum Gasteiger partial charge on any atom is 0.335 e. The van der Waals surface area contributed by atoms with Gasteiger partial charge >= 0.3 is 5.97 Å². The number of rotatable bonds is 4. The lowest BCUT2D eigenvalue weighted by Gasteiger charge is -2.25. The van der Waals surface area contributed by atoms with Crippen LogP contribution in [0.4, 0.5) is 5.69 Å². The summed E-state index contributed by atoms with van der Waals surface area (Å²) < 4.78 is 0. The highest BCUT2D eigenvalue weighted by molar-refractivity contribution is 6.31. The van der Waals surface area contributed by atoms with Crippen molar-refractivity contribution in [2.24, 2.45) is 11.8 Å². The molecule has 1 fully saturated rings. The molecule has 130 valence electrons. The monoisotopic (exact) mass is 354 g/mol. The average molecular weight is 355 g/mol. The Labute approximate surface area is 144 Å². The van der Waals surface area contributed by atoms with Gasteiger partial charge in [-0.2, -0.15) is 5.48 Å². The maximum atomic E-state index is 12.1. The molecule has 8 heteroatoms. The zero-order chi connectivity index (χ0) is 17.7. The van der Waals surface area contributed by atoms with E-state index in [-0.39, 0.29) is 22.4 Å². The quantitative estimate of drug-likeness (QED) is 0.657. The van der Waals surface area contributed by atoms with Gasteiger partial charge in [0.05, 0.1) is 10.8 Å². The van der Waals surface area contributed by atoms with Crippen LogP contribution in [0.2, 0.25) is 5.02 Å². The van der Waals surface area contributed by atoms with Gasteiger partial charge < -0.3 is 4.84 Å². The molecule has 0 unspecified atom stereocenters. The Morgan fingerprint density at radius 2 is 2.00 bits per heavy atom. The molecular formula is C16H19ClN2O5. The standard InChI is InChI=1S/C16H19ClN2O5/c1-10(11-5-3-2-4-6-11)16(21)24-18-15(20)13-8-7-12(17)9-14(13)19(22)23/h7-11H,2-6H2,1H3,(H,18,20)/t10-/m0/s1. The maximum absolute atomic E-state index is 12.1. The molecule has 1 atom stereocenters. The molecule has 1 saturated carbocycles. The second kappa shape index (κ2) is 8.10. The van der Waals surface area contributed by atoms with E-state index in [0.717, 1.165) is 31.7 Å². The number of hydrogen-bond acceptors (Lipinski definition) is 5. The normalized spacial score (nSPS) is 16.2. The highest BCUT2D eigenvalue weighted by atomic mass is 35.5. The molecule has 7 nitrogen and oxygen atoms in total. The van der Waals surface area contributed by atoms with Crippen LogP contribution < -0.4 is 5.48 Å². The number of halogens is 1. The van der Waals surface area contributed by atoms with Crippen molar-refractivity contribution in [3.8, 4) is 0 Å². The number of amides is 1. The number of nitrogens with zero attached hydrogens (tertiary/aromatic N) is 1. The van der Waals surface area contributed by atoms with Gasteiger partial charge in [-0.15, -0.1) is 0 Å². The van der Waals surface area contributed by atoms with Crippen molar-refractivity contribution in [2.45, 2.75) is 39.0 Å². The van der Waals surface area contributed by atoms with E-state index in [4.69, 9.17) is 16.4 Å². The Morgan fingerprint density at radius 1 is 1.33 bits per heavy atom. The lowest BCUT2D eigenvalue weighted by atomic mass is 9.81. The number of carbonyl (C=O) groups excluding carboxylic acids is 2. The fraction of sp³-hybridized carbons (Fsp3) is 0.500. The molecule has 1 aliphatic carbocycles. The van der Waals surface area contributed by atoms with E-state index in [9.17, 15) is 19.7 Å². The minimum atomic E-state index is -0.859. The summed E-state index contributed by atoms with van der Waals surface area (Å²) in [6, 6.07) is 3.65. The van der Waals surface area contributed by atoms with E-state index in [2.05, 4.69) is 0 Å². The molecule has 1 aromatic carbocycles. The van der Waals surface area contributed by atoms with Crippen molar-refractivity contribution >= 4 is 29.2 Å². The van der Waals surface area contributed by atoms with Crippen LogP contribution in [0.3, 0.4) is 0 Å². The summed E-state index contributed by atoms with van der Waals surface area (Å²) in [4.78, 5) is 39.2. The number of benzene rings is 1. The van der Waals surface area contributed by atoms with E-state index in [0.29, 0.717) is 0 Å². The van der Waals surface area contributed by atoms with E-state index in [1.165, 1.54) is 18.6 Å². The second-order valence-corrected chi connectivity index (χ2v) is 6.39. The largest absolute Gasteiger partial charge is 0.340 e. The third kappa shape index (κ3) is 4.44. The van der Waals surface area contributed by atoms with Crippen LogP contribution >= 0.6 is 11.6 Å². The first-order valence-electron chi connectivity index (χ1n) is 7.85. The van der Waals surface area contributed by atoms with Crippen molar-refractivity contribution in [3.63, 3.8) is 0 Å². The molecule has 0 bridgehead atoms. The summed E-state index contributed by atoms with van der Waals surface area (Å²) in [6.45, 7) is 1.77. The van der Waals surface area contributed by atoms with E-state index in [1.807, 2.05) is 5.48 Å². The van der Waals surface area contributed by atoms with Crippen LogP contribution in [-0.2, 0) is 9.63 Å². The van der Waals surface area contributed by atoms with Gasteiger partial charge in [-0.3, -0.25) is 14.9 Å². The van der Waals surface area contributed by atoms with Gasteiger partial charge in [0.2, 0.25) is 0 Å². The van der Waals surface area contributed by atoms with Crippen LogP contribution in [0.1, 0.15) is 49.4 Å². The Morgan fingerprint density at radius 3 is 2.62 bits per heavy atom. The van der Waals surface area contributed by atoms with Gasteiger partial charge in [0.25, 0.3) is 11.6 Å². The number of hydrogen-bond donors (Lipinski definition) is 1. The fourth-order valence-corrected chi connectivity index (χ4v) is 3.09. The Balaban J connectivity index is 1.97. The number of carbonyl (C=O) groups is 2. The third-order valence-electron chi connectivity index (χ3n) is 4.37. The predicted octanol–water partition coefficient (Wildman–Crippen LogP) is 3.65. The van der Waals surface area contributed by atoms with Crippen molar-refractivity contribution in [3.05, 3.63) is 38.9 Å². The molecule has 0 aliphatic heterocycles. The van der Waals surface area contributed by atoms with Gasteiger partial charge in [-0.05, 0) is 30.9 Å². The topological polar surface area (TPSA) is 98.5 Å². The number of nitro groups is 1. The molecular weight excluding hydrogens is 336 g/mol. The van der Waals surface area contributed by atoms with Crippen molar-refractivity contribution in [1.82, 2.24) is 5.48 Å². The van der Waals surface area contributed by atoms with Crippen LogP contribution in [0.15, 0.2) is 18.2 Å². The lowest BCUT2D eigenvalue weighted by molar-refractivity contribution is -0.385. The Hall–Kier alpha value is -2.15. The summed E-state index contributed by atoms with van der Waals surface area (Å²) in [5, 5.41) is 11.1. The molecule has 0 aromatic heterocycles. The second-order valence-electron chi connectivity index (χ2n) is 5.96. The highest BCUT2D eigenvalue weighted by Gasteiger charge is 2.28. The minimum Gasteiger partial charge on any atom is -0.340 e. The van der Waals surface area contributed by atoms with Crippen LogP contribution in [0.25, 0.3) is 0 Å². The summed E-state index contributed by atoms with van der Waals surface area (Å²) in [6.07, 6.45) is 5.28. The van der Waals surface area contributed by atoms with Crippen LogP contribution in [0, 0.1) is 22.0 Å². The van der Waals surface area contributed by atoms with Crippen LogP contribution in [-0.4, -0.2) is 16.8 Å². The summed E-state index contributed by atoms with van der Waals surface area (Å²) in [7, 11) is 0. The van der Waals surface area contributed by atoms with Gasteiger partial charge in [-0.1, -0.05) is 37.8 Å². The fourth-order valence-electron chi connectivity index (χ4n) is 2.92. The first kappa shape index (κ1) is 18.2. The molecule has 0 heterocycles. The number of nitrogens with one attached hydrogen (secondary N) is 1. The summed E-state index contributed by atoms with van der Waals surface area (Å²) >= 11 is 5.70. The summed E-state index contributed by atoms with van der Waals surface area (Å²) in [5.41, 5.74) is 1.33. The van der Waals surface area contributed by atoms with E-state index < -0.39 is 22.5 Å². The molecule has 0 saturated heterocycles. The Kier molecular flexibility index (Phi) is 6.14. The lowest BCUT2D eigenvalue weighted by Crippen LogP contribution is -2.33. The molecule has 2 rings (SSSR count). The first-order chi connectivity index (χ1) is 11.4. The third-order valence-corrected chi connectivity index (χ3v) is 4.61. The molecule has 1 aliphatic rings. The number of nitro benzene ring substituents is 1. The van der Waals surface area contributed by atoms with Crippen molar-refractivity contribution < 1.29 is 19.3 Å². The van der Waals surface area contributed by atoms with Crippen LogP contribution in [0.5, 0.6) is 0 Å². The molecule has 1 N–H and O–H groups in total. The number of hydroxylamine groups is 1. The zero-order valence-electron chi connectivity index (χ0n) is 13.3. The predicted molar refractivity (Wildman–Crippen MR) is 87.4 cm³/mol.